The van der Waals surface area contributed by atoms with Gasteiger partial charge in [0.05, 0.1) is 5.92 Å². The number of hydrogen-bond acceptors (Lipinski definition) is 2. The summed E-state index contributed by atoms with van der Waals surface area (Å²) in [6, 6.07) is -0.111. The zero-order valence-corrected chi connectivity index (χ0v) is 10.1. The van der Waals surface area contributed by atoms with Gasteiger partial charge >= 0.3 is 12.0 Å². The van der Waals surface area contributed by atoms with E-state index < -0.39 is 11.9 Å². The lowest BCUT2D eigenvalue weighted by atomic mass is 10.0. The minimum Gasteiger partial charge on any atom is -0.481 e. The van der Waals surface area contributed by atoms with Crippen molar-refractivity contribution in [3.05, 3.63) is 0 Å². The van der Waals surface area contributed by atoms with Crippen LogP contribution in [0.1, 0.15) is 39.0 Å². The van der Waals surface area contributed by atoms with Gasteiger partial charge in [0.15, 0.2) is 0 Å². The van der Waals surface area contributed by atoms with Gasteiger partial charge in [-0.2, -0.15) is 0 Å². The topological polar surface area (TPSA) is 78.4 Å². The van der Waals surface area contributed by atoms with E-state index in [0.29, 0.717) is 18.4 Å². The molecule has 3 N–H and O–H groups in total. The van der Waals surface area contributed by atoms with Crippen LogP contribution in [0.5, 0.6) is 0 Å². The van der Waals surface area contributed by atoms with E-state index in [9.17, 15) is 9.59 Å². The molecule has 2 fully saturated rings. The first-order chi connectivity index (χ1) is 8.11. The molecule has 96 valence electrons. The maximum atomic E-state index is 11.7. The highest BCUT2D eigenvalue weighted by molar-refractivity contribution is 5.77. The number of rotatable bonds is 4. The van der Waals surface area contributed by atoms with Crippen molar-refractivity contribution in [1.82, 2.24) is 10.6 Å². The summed E-state index contributed by atoms with van der Waals surface area (Å²) in [5.74, 6) is -0.604. The summed E-state index contributed by atoms with van der Waals surface area (Å²) >= 11 is 0. The molecule has 2 aliphatic rings. The van der Waals surface area contributed by atoms with Gasteiger partial charge < -0.3 is 15.7 Å². The van der Waals surface area contributed by atoms with E-state index in [1.165, 1.54) is 0 Å². The first-order valence-electron chi connectivity index (χ1n) is 6.41. The van der Waals surface area contributed by atoms with Crippen molar-refractivity contribution >= 4 is 12.0 Å². The average Bonchev–Trinajstić information content (AvgIpc) is 2.84. The van der Waals surface area contributed by atoms with E-state index in [1.807, 2.05) is 0 Å². The molecule has 0 heterocycles. The van der Waals surface area contributed by atoms with Crippen LogP contribution in [0.15, 0.2) is 0 Å². The van der Waals surface area contributed by atoms with Crippen LogP contribution in [-0.2, 0) is 4.79 Å². The Labute approximate surface area is 101 Å². The Kier molecular flexibility index (Phi) is 3.54. The SMILES string of the molecule is CCC1CC1NC(=O)NC1CCCC1C(=O)O. The van der Waals surface area contributed by atoms with E-state index in [0.717, 1.165) is 25.7 Å². The van der Waals surface area contributed by atoms with Crippen molar-refractivity contribution in [1.29, 1.82) is 0 Å². The van der Waals surface area contributed by atoms with Gasteiger partial charge in [-0.25, -0.2) is 4.79 Å². The Morgan fingerprint density at radius 3 is 2.53 bits per heavy atom. The summed E-state index contributed by atoms with van der Waals surface area (Å²) in [6.07, 6.45) is 4.46. The number of amides is 2. The number of urea groups is 1. The summed E-state index contributed by atoms with van der Waals surface area (Å²) in [6.45, 7) is 2.11. The Bertz CT molecular complexity index is 319. The van der Waals surface area contributed by atoms with Crippen LogP contribution in [0.4, 0.5) is 4.79 Å². The van der Waals surface area contributed by atoms with Crippen LogP contribution in [-0.4, -0.2) is 29.2 Å². The molecule has 0 spiro atoms. The van der Waals surface area contributed by atoms with E-state index in [-0.39, 0.29) is 12.1 Å². The van der Waals surface area contributed by atoms with Gasteiger partial charge in [0, 0.05) is 12.1 Å². The summed E-state index contributed by atoms with van der Waals surface area (Å²) in [5, 5.41) is 14.7. The number of carbonyl (C=O) groups is 2. The molecule has 2 amide bonds. The number of carboxylic acids is 1. The predicted molar refractivity (Wildman–Crippen MR) is 62.6 cm³/mol. The van der Waals surface area contributed by atoms with E-state index in [4.69, 9.17) is 5.11 Å². The zero-order chi connectivity index (χ0) is 12.4. The average molecular weight is 240 g/mol. The number of carbonyl (C=O) groups excluding carboxylic acids is 1. The number of nitrogens with one attached hydrogen (secondary N) is 2. The largest absolute Gasteiger partial charge is 0.481 e. The van der Waals surface area contributed by atoms with Crippen LogP contribution < -0.4 is 10.6 Å². The van der Waals surface area contributed by atoms with Crippen LogP contribution in [0.2, 0.25) is 0 Å². The molecule has 0 aromatic rings. The normalized spacial score (nSPS) is 35.4. The molecule has 17 heavy (non-hydrogen) atoms. The predicted octanol–water partition coefficient (Wildman–Crippen LogP) is 1.34. The molecular weight excluding hydrogens is 220 g/mol. The molecule has 2 saturated carbocycles. The van der Waals surface area contributed by atoms with Gasteiger partial charge in [-0.05, 0) is 25.2 Å². The van der Waals surface area contributed by atoms with Crippen LogP contribution in [0, 0.1) is 11.8 Å². The third-order valence-corrected chi connectivity index (χ3v) is 3.91. The van der Waals surface area contributed by atoms with Gasteiger partial charge in [-0.3, -0.25) is 4.79 Å². The lowest BCUT2D eigenvalue weighted by molar-refractivity contribution is -0.142. The molecule has 0 aromatic carbocycles. The quantitative estimate of drug-likeness (QED) is 0.693. The second-order valence-electron chi connectivity index (χ2n) is 5.11. The second kappa shape index (κ2) is 4.94. The molecule has 0 aliphatic heterocycles. The third kappa shape index (κ3) is 2.90. The van der Waals surface area contributed by atoms with Crippen molar-refractivity contribution in [2.24, 2.45) is 11.8 Å². The molecule has 0 radical (unpaired) electrons. The molecule has 0 bridgehead atoms. The smallest absolute Gasteiger partial charge is 0.315 e. The fourth-order valence-electron chi connectivity index (χ4n) is 2.68. The number of hydrogen-bond donors (Lipinski definition) is 3. The number of aliphatic carboxylic acids is 1. The van der Waals surface area contributed by atoms with Crippen LogP contribution in [0.3, 0.4) is 0 Å². The van der Waals surface area contributed by atoms with Gasteiger partial charge in [0.1, 0.15) is 0 Å². The Morgan fingerprint density at radius 2 is 1.94 bits per heavy atom. The standard InChI is InChI=1S/C12H20N2O3/c1-2-7-6-10(7)14-12(17)13-9-5-3-4-8(9)11(15)16/h7-10H,2-6H2,1H3,(H,15,16)(H2,13,14,17). The minimum absolute atomic E-state index is 0.202. The van der Waals surface area contributed by atoms with Crippen molar-refractivity contribution in [2.75, 3.05) is 0 Å². The minimum atomic E-state index is -0.800. The van der Waals surface area contributed by atoms with E-state index in [2.05, 4.69) is 17.6 Å². The van der Waals surface area contributed by atoms with Gasteiger partial charge in [-0.15, -0.1) is 0 Å². The lowest BCUT2D eigenvalue weighted by Gasteiger charge is -2.18. The molecule has 4 unspecified atom stereocenters. The Morgan fingerprint density at radius 1 is 1.24 bits per heavy atom. The molecule has 2 aliphatic carbocycles. The first kappa shape index (κ1) is 12.2. The summed E-state index contributed by atoms with van der Waals surface area (Å²) in [5.41, 5.74) is 0. The fraction of sp³-hybridized carbons (Fsp3) is 0.833. The monoisotopic (exact) mass is 240 g/mol. The van der Waals surface area contributed by atoms with Crippen LogP contribution in [0.25, 0.3) is 0 Å². The Hall–Kier alpha value is -1.26. The summed E-state index contributed by atoms with van der Waals surface area (Å²) < 4.78 is 0. The van der Waals surface area contributed by atoms with Crippen molar-refractivity contribution in [3.8, 4) is 0 Å². The van der Waals surface area contributed by atoms with Crippen molar-refractivity contribution < 1.29 is 14.7 Å². The second-order valence-corrected chi connectivity index (χ2v) is 5.11. The molecule has 4 atom stereocenters. The van der Waals surface area contributed by atoms with Gasteiger partial charge in [-0.1, -0.05) is 19.8 Å². The van der Waals surface area contributed by atoms with Gasteiger partial charge in [0.2, 0.25) is 0 Å². The Balaban J connectivity index is 1.76. The molecule has 5 nitrogen and oxygen atoms in total. The highest BCUT2D eigenvalue weighted by atomic mass is 16.4. The fourth-order valence-corrected chi connectivity index (χ4v) is 2.68. The first-order valence-corrected chi connectivity index (χ1v) is 6.41. The lowest BCUT2D eigenvalue weighted by Crippen LogP contribution is -2.46. The maximum absolute atomic E-state index is 11.7. The molecule has 5 heteroatoms. The van der Waals surface area contributed by atoms with Gasteiger partial charge in [0.25, 0.3) is 0 Å². The molecular formula is C12H20N2O3. The maximum Gasteiger partial charge on any atom is 0.315 e. The van der Waals surface area contributed by atoms with E-state index in [1.54, 1.807) is 0 Å². The molecule has 0 aromatic heterocycles. The molecule has 2 rings (SSSR count). The highest BCUT2D eigenvalue weighted by Gasteiger charge is 2.38. The van der Waals surface area contributed by atoms with Crippen molar-refractivity contribution in [3.63, 3.8) is 0 Å². The summed E-state index contributed by atoms with van der Waals surface area (Å²) in [4.78, 5) is 22.6. The van der Waals surface area contributed by atoms with Crippen molar-refractivity contribution in [2.45, 2.75) is 51.1 Å². The summed E-state index contributed by atoms with van der Waals surface area (Å²) in [7, 11) is 0. The van der Waals surface area contributed by atoms with E-state index >= 15 is 0 Å². The molecule has 0 saturated heterocycles. The third-order valence-electron chi connectivity index (χ3n) is 3.91. The zero-order valence-electron chi connectivity index (χ0n) is 10.1. The number of carboxylic acid groups (broad SMARTS) is 1. The van der Waals surface area contributed by atoms with Crippen LogP contribution >= 0.6 is 0 Å². The highest BCUT2D eigenvalue weighted by Crippen LogP contribution is 2.33.